The van der Waals surface area contributed by atoms with Crippen molar-refractivity contribution in [3.05, 3.63) is 56.3 Å². The summed E-state index contributed by atoms with van der Waals surface area (Å²) in [4.78, 5) is 5.84. The highest BCUT2D eigenvalue weighted by Crippen LogP contribution is 2.58. The molecule has 122 valence electrons. The molecule has 2 aliphatic rings. The molecule has 0 bridgehead atoms. The van der Waals surface area contributed by atoms with Gasteiger partial charge in [0.1, 0.15) is 0 Å². The van der Waals surface area contributed by atoms with Crippen molar-refractivity contribution in [1.29, 1.82) is 0 Å². The summed E-state index contributed by atoms with van der Waals surface area (Å²) in [6.45, 7) is 14.0. The van der Waals surface area contributed by atoms with E-state index in [1.807, 2.05) is 22.7 Å². The molecular formula is C22H22S2. The molecular weight excluding hydrogens is 328 g/mol. The molecule has 0 saturated carbocycles. The van der Waals surface area contributed by atoms with Gasteiger partial charge >= 0.3 is 0 Å². The third kappa shape index (κ3) is 1.59. The molecule has 3 aromatic rings. The first-order valence-electron chi connectivity index (χ1n) is 8.63. The SMILES string of the molecule is Cc1cc2c(s1)-c1cc3c(cc1C2(C)C)-c1sc(C)cc1C3(C)C. The minimum Gasteiger partial charge on any atom is -0.140 e. The van der Waals surface area contributed by atoms with Crippen molar-refractivity contribution in [3.8, 4) is 20.9 Å². The highest BCUT2D eigenvalue weighted by atomic mass is 32.1. The average molecular weight is 351 g/mol. The summed E-state index contributed by atoms with van der Waals surface area (Å²) in [7, 11) is 0. The predicted molar refractivity (Wildman–Crippen MR) is 107 cm³/mol. The van der Waals surface area contributed by atoms with Crippen LogP contribution in [0.4, 0.5) is 0 Å². The van der Waals surface area contributed by atoms with E-state index >= 15 is 0 Å². The highest BCUT2D eigenvalue weighted by Gasteiger charge is 2.43. The van der Waals surface area contributed by atoms with Gasteiger partial charge in [-0.3, -0.25) is 0 Å². The van der Waals surface area contributed by atoms with Gasteiger partial charge in [-0.2, -0.15) is 0 Å². The van der Waals surface area contributed by atoms with Gasteiger partial charge in [0.25, 0.3) is 0 Å². The van der Waals surface area contributed by atoms with Crippen LogP contribution in [0.2, 0.25) is 0 Å². The zero-order valence-corrected chi connectivity index (χ0v) is 16.8. The van der Waals surface area contributed by atoms with Gasteiger partial charge in [0, 0.05) is 30.3 Å². The average Bonchev–Trinajstić information content (AvgIpc) is 3.17. The lowest BCUT2D eigenvalue weighted by Gasteiger charge is -2.24. The molecule has 2 aromatic heterocycles. The van der Waals surface area contributed by atoms with Crippen LogP contribution in [0.15, 0.2) is 24.3 Å². The normalized spacial score (nSPS) is 18.2. The number of thiophene rings is 2. The molecule has 0 saturated heterocycles. The van der Waals surface area contributed by atoms with Gasteiger partial charge in [-0.1, -0.05) is 27.7 Å². The maximum absolute atomic E-state index is 2.51. The van der Waals surface area contributed by atoms with Crippen LogP contribution in [0, 0.1) is 13.8 Å². The van der Waals surface area contributed by atoms with Crippen LogP contribution >= 0.6 is 22.7 Å². The quantitative estimate of drug-likeness (QED) is 0.408. The second kappa shape index (κ2) is 4.23. The standard InChI is InChI=1S/C22H22S2/c1-11-7-17-19(23-11)13-9-16-14(10-15(13)21(17,3)4)20-18(22(16,5)6)8-12(2)24-20/h7-10H,1-6H3. The molecule has 24 heavy (non-hydrogen) atoms. The van der Waals surface area contributed by atoms with Crippen molar-refractivity contribution in [2.45, 2.75) is 52.4 Å². The van der Waals surface area contributed by atoms with E-state index in [0.717, 1.165) is 0 Å². The van der Waals surface area contributed by atoms with Gasteiger partial charge in [-0.15, -0.1) is 22.7 Å². The van der Waals surface area contributed by atoms with E-state index in [1.54, 1.807) is 0 Å². The van der Waals surface area contributed by atoms with Gasteiger partial charge < -0.3 is 0 Å². The van der Waals surface area contributed by atoms with Crippen LogP contribution in [0.3, 0.4) is 0 Å². The molecule has 0 spiro atoms. The summed E-state index contributed by atoms with van der Waals surface area (Å²) in [6.07, 6.45) is 0. The van der Waals surface area contributed by atoms with Crippen LogP contribution in [-0.4, -0.2) is 0 Å². The first-order valence-corrected chi connectivity index (χ1v) is 10.3. The van der Waals surface area contributed by atoms with Crippen molar-refractivity contribution in [3.63, 3.8) is 0 Å². The third-order valence-corrected chi connectivity index (χ3v) is 8.22. The smallest absolute Gasteiger partial charge is 0.0389 e. The molecule has 0 unspecified atom stereocenters. The Kier molecular flexibility index (Phi) is 2.63. The number of benzene rings is 1. The van der Waals surface area contributed by atoms with Gasteiger partial charge in [-0.05, 0) is 71.5 Å². The fourth-order valence-corrected chi connectivity index (χ4v) is 7.06. The van der Waals surface area contributed by atoms with Crippen LogP contribution < -0.4 is 0 Å². The summed E-state index contributed by atoms with van der Waals surface area (Å²) >= 11 is 3.92. The number of fused-ring (bicyclic) bond motifs is 6. The van der Waals surface area contributed by atoms with Crippen LogP contribution in [0.25, 0.3) is 20.9 Å². The molecule has 0 fully saturated rings. The molecule has 0 amide bonds. The third-order valence-electron chi connectivity index (χ3n) is 6.05. The van der Waals surface area contributed by atoms with E-state index in [1.165, 1.54) is 52.9 Å². The van der Waals surface area contributed by atoms with Crippen LogP contribution in [0.1, 0.15) is 59.7 Å². The Bertz CT molecular complexity index is 941. The van der Waals surface area contributed by atoms with Crippen LogP contribution in [0.5, 0.6) is 0 Å². The fourth-order valence-electron chi connectivity index (χ4n) is 4.66. The van der Waals surface area contributed by atoms with Crippen LogP contribution in [-0.2, 0) is 10.8 Å². The van der Waals surface area contributed by atoms with Crippen molar-refractivity contribution >= 4 is 22.7 Å². The van der Waals surface area contributed by atoms with Crippen molar-refractivity contribution < 1.29 is 0 Å². The Morgan fingerprint density at radius 2 is 0.958 bits per heavy atom. The highest BCUT2D eigenvalue weighted by molar-refractivity contribution is 7.16. The Labute approximate surface area is 152 Å². The molecule has 1 aromatic carbocycles. The summed E-state index contributed by atoms with van der Waals surface area (Å²) < 4.78 is 0. The summed E-state index contributed by atoms with van der Waals surface area (Å²) in [5.41, 5.74) is 9.24. The van der Waals surface area contributed by atoms with Crippen molar-refractivity contribution in [1.82, 2.24) is 0 Å². The first kappa shape index (κ1) is 14.9. The van der Waals surface area contributed by atoms with E-state index in [4.69, 9.17) is 0 Å². The maximum atomic E-state index is 2.51. The Hall–Kier alpha value is -1.38. The van der Waals surface area contributed by atoms with Gasteiger partial charge in [0.15, 0.2) is 0 Å². The minimum absolute atomic E-state index is 0.115. The molecule has 0 nitrogen and oxygen atoms in total. The van der Waals surface area contributed by atoms with E-state index in [9.17, 15) is 0 Å². The molecule has 0 aliphatic heterocycles. The zero-order valence-electron chi connectivity index (χ0n) is 15.1. The topological polar surface area (TPSA) is 0 Å². The number of hydrogen-bond donors (Lipinski definition) is 0. The number of rotatable bonds is 0. The summed E-state index contributed by atoms with van der Waals surface area (Å²) in [5, 5.41) is 0. The van der Waals surface area contributed by atoms with Crippen molar-refractivity contribution in [2.75, 3.05) is 0 Å². The van der Waals surface area contributed by atoms with Gasteiger partial charge in [-0.25, -0.2) is 0 Å². The molecule has 2 aliphatic carbocycles. The number of aryl methyl sites for hydroxylation is 2. The minimum atomic E-state index is 0.115. The zero-order chi connectivity index (χ0) is 17.0. The second-order valence-corrected chi connectivity index (χ2v) is 10.9. The van der Waals surface area contributed by atoms with E-state index < -0.39 is 0 Å². The lowest BCUT2D eigenvalue weighted by Crippen LogP contribution is -2.16. The predicted octanol–water partition coefficient (Wildman–Crippen LogP) is 7.04. The van der Waals surface area contributed by atoms with E-state index in [0.29, 0.717) is 0 Å². The van der Waals surface area contributed by atoms with Crippen molar-refractivity contribution in [2.24, 2.45) is 0 Å². The molecule has 5 rings (SSSR count). The Morgan fingerprint density at radius 3 is 1.33 bits per heavy atom. The molecule has 0 N–H and O–H groups in total. The largest absolute Gasteiger partial charge is 0.140 e. The molecule has 2 heteroatoms. The Balaban J connectivity index is 1.86. The maximum Gasteiger partial charge on any atom is 0.0389 e. The molecule has 2 heterocycles. The monoisotopic (exact) mass is 350 g/mol. The van der Waals surface area contributed by atoms with Gasteiger partial charge in [0.05, 0.1) is 0 Å². The summed E-state index contributed by atoms with van der Waals surface area (Å²) in [6, 6.07) is 9.82. The summed E-state index contributed by atoms with van der Waals surface area (Å²) in [5.74, 6) is 0. The lowest BCUT2D eigenvalue weighted by molar-refractivity contribution is 0.652. The Morgan fingerprint density at radius 1 is 0.583 bits per heavy atom. The van der Waals surface area contributed by atoms with E-state index in [-0.39, 0.29) is 10.8 Å². The first-order chi connectivity index (χ1) is 11.2. The van der Waals surface area contributed by atoms with Gasteiger partial charge in [0.2, 0.25) is 0 Å². The number of hydrogen-bond acceptors (Lipinski definition) is 2. The second-order valence-electron chi connectivity index (χ2n) is 8.39. The molecule has 0 radical (unpaired) electrons. The fraction of sp³-hybridized carbons (Fsp3) is 0.364. The lowest BCUT2D eigenvalue weighted by atomic mass is 9.79. The van der Waals surface area contributed by atoms with E-state index in [2.05, 4.69) is 65.8 Å². The molecule has 0 atom stereocenters.